The molecule has 0 radical (unpaired) electrons. The van der Waals surface area contributed by atoms with Crippen molar-refractivity contribution in [2.24, 2.45) is 0 Å². The number of halogens is 1. The van der Waals surface area contributed by atoms with Crippen LogP contribution in [0, 0.1) is 6.92 Å². The van der Waals surface area contributed by atoms with Crippen molar-refractivity contribution in [2.75, 3.05) is 39.3 Å². The Hall–Kier alpha value is -1.60. The fourth-order valence-corrected chi connectivity index (χ4v) is 4.90. The summed E-state index contributed by atoms with van der Waals surface area (Å²) in [6.07, 6.45) is 0. The van der Waals surface area contributed by atoms with Crippen LogP contribution in [0.3, 0.4) is 0 Å². The first-order chi connectivity index (χ1) is 12.5. The van der Waals surface area contributed by atoms with Gasteiger partial charge in [-0.05, 0) is 42.8 Å². The van der Waals surface area contributed by atoms with E-state index in [1.807, 2.05) is 30.3 Å². The lowest BCUT2D eigenvalue weighted by Crippen LogP contribution is -2.49. The molecule has 1 heterocycles. The fourth-order valence-electron chi connectivity index (χ4n) is 3.04. The van der Waals surface area contributed by atoms with Gasteiger partial charge in [-0.1, -0.05) is 29.8 Å². The van der Waals surface area contributed by atoms with Crippen LogP contribution in [0.4, 0.5) is 0 Å². The second-order valence-electron chi connectivity index (χ2n) is 6.32. The molecule has 0 atom stereocenters. The molecule has 0 unspecified atom stereocenters. The van der Waals surface area contributed by atoms with Crippen LogP contribution in [0.25, 0.3) is 0 Å². The van der Waals surface area contributed by atoms with Crippen molar-refractivity contribution in [1.29, 1.82) is 0 Å². The van der Waals surface area contributed by atoms with Gasteiger partial charge in [-0.2, -0.15) is 4.31 Å². The van der Waals surface area contributed by atoms with Crippen LogP contribution >= 0.6 is 11.6 Å². The molecule has 0 bridgehead atoms. The van der Waals surface area contributed by atoms with E-state index in [0.717, 1.165) is 12.3 Å². The molecule has 0 spiro atoms. The number of ether oxygens (including phenoxy) is 1. The van der Waals surface area contributed by atoms with Gasteiger partial charge in [0.1, 0.15) is 12.4 Å². The molecule has 1 aliphatic heterocycles. The molecule has 0 amide bonds. The normalized spacial score (nSPS) is 16.5. The molecule has 5 nitrogen and oxygen atoms in total. The van der Waals surface area contributed by atoms with Gasteiger partial charge in [0.2, 0.25) is 10.0 Å². The Morgan fingerprint density at radius 3 is 2.38 bits per heavy atom. The van der Waals surface area contributed by atoms with Crippen LogP contribution < -0.4 is 4.74 Å². The predicted octanol–water partition coefficient (Wildman–Crippen LogP) is 3.03. The molecule has 2 aromatic rings. The molecule has 2 aromatic carbocycles. The van der Waals surface area contributed by atoms with E-state index in [0.29, 0.717) is 48.3 Å². The second-order valence-corrected chi connectivity index (χ2v) is 8.66. The molecular formula is C19H23ClN2O3S. The van der Waals surface area contributed by atoms with E-state index < -0.39 is 10.0 Å². The van der Waals surface area contributed by atoms with Crippen LogP contribution in [0.15, 0.2) is 53.4 Å². The lowest BCUT2D eigenvalue weighted by atomic mass is 10.2. The Labute approximate surface area is 160 Å². The van der Waals surface area contributed by atoms with Crippen LogP contribution in [0.2, 0.25) is 5.02 Å². The first-order valence-corrected chi connectivity index (χ1v) is 10.4. The van der Waals surface area contributed by atoms with Gasteiger partial charge in [0.05, 0.1) is 4.90 Å². The minimum absolute atomic E-state index is 0.336. The molecule has 0 aromatic heterocycles. The molecule has 1 saturated heterocycles. The topological polar surface area (TPSA) is 49.9 Å². The zero-order chi connectivity index (χ0) is 18.6. The monoisotopic (exact) mass is 394 g/mol. The van der Waals surface area contributed by atoms with Crippen LogP contribution in [0.5, 0.6) is 5.75 Å². The highest BCUT2D eigenvalue weighted by Crippen LogP contribution is 2.24. The van der Waals surface area contributed by atoms with Crippen molar-refractivity contribution >= 4 is 21.6 Å². The van der Waals surface area contributed by atoms with Gasteiger partial charge in [0.15, 0.2) is 0 Å². The summed E-state index contributed by atoms with van der Waals surface area (Å²) >= 11 is 5.94. The van der Waals surface area contributed by atoms with Crippen molar-refractivity contribution in [1.82, 2.24) is 9.21 Å². The smallest absolute Gasteiger partial charge is 0.243 e. The average molecular weight is 395 g/mol. The van der Waals surface area contributed by atoms with E-state index in [1.165, 1.54) is 0 Å². The number of sulfonamides is 1. The Balaban J connectivity index is 1.53. The molecule has 3 rings (SSSR count). The summed E-state index contributed by atoms with van der Waals surface area (Å²) in [4.78, 5) is 2.56. The predicted molar refractivity (Wildman–Crippen MR) is 103 cm³/mol. The lowest BCUT2D eigenvalue weighted by molar-refractivity contribution is 0.159. The zero-order valence-electron chi connectivity index (χ0n) is 14.8. The van der Waals surface area contributed by atoms with Crippen LogP contribution in [0.1, 0.15) is 5.56 Å². The summed E-state index contributed by atoms with van der Waals surface area (Å²) in [5.74, 6) is 0.854. The summed E-state index contributed by atoms with van der Waals surface area (Å²) in [5, 5.41) is 0.546. The number of hydrogen-bond acceptors (Lipinski definition) is 4. The molecule has 0 saturated carbocycles. The summed E-state index contributed by atoms with van der Waals surface area (Å²) in [5.41, 5.74) is 0.677. The van der Waals surface area contributed by atoms with Gasteiger partial charge in [0, 0.05) is 37.7 Å². The maximum absolute atomic E-state index is 12.9. The lowest BCUT2D eigenvalue weighted by Gasteiger charge is -2.34. The number of hydrogen-bond donors (Lipinski definition) is 0. The highest BCUT2D eigenvalue weighted by Gasteiger charge is 2.29. The summed E-state index contributed by atoms with van der Waals surface area (Å²) in [6, 6.07) is 14.6. The number of piperazine rings is 1. The van der Waals surface area contributed by atoms with E-state index in [1.54, 1.807) is 29.4 Å². The van der Waals surface area contributed by atoms with Crippen molar-refractivity contribution in [3.63, 3.8) is 0 Å². The highest BCUT2D eigenvalue weighted by molar-refractivity contribution is 7.89. The third-order valence-corrected chi connectivity index (χ3v) is 6.80. The van der Waals surface area contributed by atoms with Crippen molar-refractivity contribution in [3.05, 3.63) is 59.1 Å². The van der Waals surface area contributed by atoms with Crippen LogP contribution in [-0.4, -0.2) is 57.0 Å². The van der Waals surface area contributed by atoms with E-state index in [-0.39, 0.29) is 0 Å². The standard InChI is InChI=1S/C19H23ClN2O3S/c1-16-15-17(20)7-8-19(16)26(23,24)22-11-9-21(10-12-22)13-14-25-18-5-3-2-4-6-18/h2-8,15H,9-14H2,1H3. The van der Waals surface area contributed by atoms with Crippen molar-refractivity contribution < 1.29 is 13.2 Å². The van der Waals surface area contributed by atoms with Gasteiger partial charge in [-0.15, -0.1) is 0 Å². The van der Waals surface area contributed by atoms with Crippen molar-refractivity contribution in [2.45, 2.75) is 11.8 Å². The Morgan fingerprint density at radius 2 is 1.73 bits per heavy atom. The minimum Gasteiger partial charge on any atom is -0.492 e. The quantitative estimate of drug-likeness (QED) is 0.755. The minimum atomic E-state index is -3.48. The number of nitrogens with zero attached hydrogens (tertiary/aromatic N) is 2. The Kier molecular flexibility index (Phi) is 6.19. The third kappa shape index (κ3) is 4.57. The van der Waals surface area contributed by atoms with Gasteiger partial charge < -0.3 is 4.74 Å². The van der Waals surface area contributed by atoms with Crippen LogP contribution in [-0.2, 0) is 10.0 Å². The molecule has 0 N–H and O–H groups in total. The number of rotatable bonds is 6. The largest absolute Gasteiger partial charge is 0.492 e. The maximum Gasteiger partial charge on any atom is 0.243 e. The Bertz CT molecular complexity index is 835. The first kappa shape index (κ1) is 19.2. The summed E-state index contributed by atoms with van der Waals surface area (Å²) < 4.78 is 33.0. The molecule has 1 fully saturated rings. The molecular weight excluding hydrogens is 372 g/mol. The third-order valence-electron chi connectivity index (χ3n) is 4.51. The van der Waals surface area contributed by atoms with Gasteiger partial charge in [0.25, 0.3) is 0 Å². The van der Waals surface area contributed by atoms with Gasteiger partial charge in [-0.3, -0.25) is 4.90 Å². The summed E-state index contributed by atoms with van der Waals surface area (Å²) in [6.45, 7) is 5.51. The molecule has 26 heavy (non-hydrogen) atoms. The molecule has 0 aliphatic carbocycles. The van der Waals surface area contributed by atoms with E-state index in [2.05, 4.69) is 4.90 Å². The molecule has 140 valence electrons. The fraction of sp³-hybridized carbons (Fsp3) is 0.368. The van der Waals surface area contributed by atoms with Gasteiger partial charge >= 0.3 is 0 Å². The molecule has 7 heteroatoms. The average Bonchev–Trinajstić information content (AvgIpc) is 2.63. The molecule has 1 aliphatic rings. The van der Waals surface area contributed by atoms with Gasteiger partial charge in [-0.25, -0.2) is 8.42 Å². The number of para-hydroxylation sites is 1. The Morgan fingerprint density at radius 1 is 1.04 bits per heavy atom. The number of aryl methyl sites for hydroxylation is 1. The zero-order valence-corrected chi connectivity index (χ0v) is 16.3. The number of benzene rings is 2. The maximum atomic E-state index is 12.9. The second kappa shape index (κ2) is 8.39. The first-order valence-electron chi connectivity index (χ1n) is 8.63. The van der Waals surface area contributed by atoms with E-state index >= 15 is 0 Å². The summed E-state index contributed by atoms with van der Waals surface area (Å²) in [7, 11) is -3.48. The highest BCUT2D eigenvalue weighted by atomic mass is 35.5. The SMILES string of the molecule is Cc1cc(Cl)ccc1S(=O)(=O)N1CCN(CCOc2ccccc2)CC1. The van der Waals surface area contributed by atoms with E-state index in [4.69, 9.17) is 16.3 Å². The van der Waals surface area contributed by atoms with E-state index in [9.17, 15) is 8.42 Å². The van der Waals surface area contributed by atoms with Crippen molar-refractivity contribution in [3.8, 4) is 5.75 Å².